The summed E-state index contributed by atoms with van der Waals surface area (Å²) in [5.41, 5.74) is 3.41. The van der Waals surface area contributed by atoms with Crippen molar-refractivity contribution < 1.29 is 23.1 Å². The Bertz CT molecular complexity index is 1390. The van der Waals surface area contributed by atoms with Gasteiger partial charge >= 0.3 is 5.92 Å². The highest BCUT2D eigenvalue weighted by molar-refractivity contribution is 5.88. The van der Waals surface area contributed by atoms with Crippen LogP contribution in [0.3, 0.4) is 0 Å². The number of aryl methyl sites for hydroxylation is 1. The maximum absolute atomic E-state index is 14.6. The molecular weight excluding hydrogens is 506 g/mol. The minimum atomic E-state index is -3.60. The summed E-state index contributed by atoms with van der Waals surface area (Å²) >= 11 is 0. The first-order valence-electron chi connectivity index (χ1n) is 12.3. The van der Waals surface area contributed by atoms with E-state index in [0.29, 0.717) is 34.9 Å². The number of aromatic nitrogens is 4. The molecule has 2 amide bonds. The molecule has 0 aliphatic heterocycles. The van der Waals surface area contributed by atoms with Gasteiger partial charge in [-0.1, -0.05) is 35.5 Å². The summed E-state index contributed by atoms with van der Waals surface area (Å²) in [5.74, 6) is -4.54. The lowest BCUT2D eigenvalue weighted by Crippen LogP contribution is -2.41. The van der Waals surface area contributed by atoms with E-state index in [1.54, 1.807) is 67.8 Å². The van der Waals surface area contributed by atoms with Crippen LogP contribution in [0.4, 0.5) is 14.5 Å². The van der Waals surface area contributed by atoms with Crippen molar-refractivity contribution >= 4 is 17.5 Å². The first-order chi connectivity index (χ1) is 18.7. The van der Waals surface area contributed by atoms with E-state index in [1.807, 2.05) is 12.1 Å². The lowest BCUT2D eigenvalue weighted by molar-refractivity contribution is -0.147. The van der Waals surface area contributed by atoms with E-state index in [4.69, 9.17) is 4.74 Å². The van der Waals surface area contributed by atoms with Crippen LogP contribution in [0.5, 0.6) is 5.75 Å². The largest absolute Gasteiger partial charge is 0.489 e. The summed E-state index contributed by atoms with van der Waals surface area (Å²) in [6.45, 7) is 3.20. The zero-order valence-corrected chi connectivity index (χ0v) is 21.5. The van der Waals surface area contributed by atoms with Crippen LogP contribution in [0.1, 0.15) is 37.4 Å². The maximum Gasteiger partial charge on any atom is 0.326 e. The molecule has 0 aliphatic rings. The van der Waals surface area contributed by atoms with Crippen molar-refractivity contribution in [3.63, 3.8) is 0 Å². The quantitative estimate of drug-likeness (QED) is 0.287. The Labute approximate surface area is 224 Å². The van der Waals surface area contributed by atoms with Gasteiger partial charge in [-0.15, -0.1) is 5.10 Å². The number of hydrogen-bond donors (Lipinski definition) is 2. The van der Waals surface area contributed by atoms with Crippen LogP contribution >= 0.6 is 0 Å². The summed E-state index contributed by atoms with van der Waals surface area (Å²) in [6, 6.07) is 16.9. The Morgan fingerprint density at radius 2 is 1.82 bits per heavy atom. The number of halogens is 2. The third-order valence-corrected chi connectivity index (χ3v) is 5.88. The van der Waals surface area contributed by atoms with Crippen LogP contribution in [0.15, 0.2) is 79.3 Å². The van der Waals surface area contributed by atoms with Gasteiger partial charge in [0.2, 0.25) is 5.91 Å². The molecule has 1 atom stereocenters. The van der Waals surface area contributed by atoms with E-state index >= 15 is 0 Å². The first-order valence-corrected chi connectivity index (χ1v) is 12.3. The molecule has 0 fully saturated rings. The number of amides is 2. The van der Waals surface area contributed by atoms with Crippen LogP contribution in [-0.2, 0) is 22.7 Å². The zero-order chi connectivity index (χ0) is 27.8. The Kier molecular flexibility index (Phi) is 8.60. The number of carbonyl (C=O) groups excluding carboxylic acids is 2. The highest BCUT2D eigenvalue weighted by atomic mass is 19.3. The second-order valence-corrected chi connectivity index (χ2v) is 8.99. The average molecular weight is 535 g/mol. The number of rotatable bonds is 11. The standard InChI is InChI=1S/C28H28F2N6O3/c1-19(22-7-11-25(12-8-22)39-18-21-4-3-14-31-16-21)32-27(38)28(29,30)13-15-36-17-26(34-35-36)23-5-9-24(10-6-23)33-20(2)37/h3-12,14,16-17,19H,13,15,18H2,1-2H3,(H,32,38)(H,33,37). The number of alkyl halides is 2. The smallest absolute Gasteiger partial charge is 0.326 e. The fourth-order valence-corrected chi connectivity index (χ4v) is 3.72. The highest BCUT2D eigenvalue weighted by Gasteiger charge is 2.39. The lowest BCUT2D eigenvalue weighted by atomic mass is 10.1. The van der Waals surface area contributed by atoms with Crippen LogP contribution < -0.4 is 15.4 Å². The van der Waals surface area contributed by atoms with Gasteiger partial charge in [-0.25, -0.2) is 0 Å². The van der Waals surface area contributed by atoms with Gasteiger partial charge in [0.05, 0.1) is 12.2 Å². The number of ether oxygens (including phenoxy) is 1. The van der Waals surface area contributed by atoms with Gasteiger partial charge in [-0.05, 0) is 42.8 Å². The molecule has 0 spiro atoms. The van der Waals surface area contributed by atoms with Gasteiger partial charge in [0.25, 0.3) is 5.91 Å². The van der Waals surface area contributed by atoms with Crippen molar-refractivity contribution in [2.75, 3.05) is 5.32 Å². The fourth-order valence-electron chi connectivity index (χ4n) is 3.72. The van der Waals surface area contributed by atoms with Gasteiger partial charge in [-0.3, -0.25) is 19.3 Å². The summed E-state index contributed by atoms with van der Waals surface area (Å²) < 4.78 is 36.3. The lowest BCUT2D eigenvalue weighted by Gasteiger charge is -2.20. The predicted molar refractivity (Wildman–Crippen MR) is 141 cm³/mol. The molecule has 11 heteroatoms. The summed E-state index contributed by atoms with van der Waals surface area (Å²) in [6.07, 6.45) is 4.18. The maximum atomic E-state index is 14.6. The number of nitrogens with one attached hydrogen (secondary N) is 2. The van der Waals surface area contributed by atoms with Crippen molar-refractivity contribution in [2.24, 2.45) is 0 Å². The second kappa shape index (κ2) is 12.2. The Morgan fingerprint density at radius 1 is 1.08 bits per heavy atom. The predicted octanol–water partition coefficient (Wildman–Crippen LogP) is 4.78. The normalized spacial score (nSPS) is 12.0. The van der Waals surface area contributed by atoms with Crippen LogP contribution in [0.2, 0.25) is 0 Å². The molecule has 0 aliphatic carbocycles. The van der Waals surface area contributed by atoms with Gasteiger partial charge < -0.3 is 15.4 Å². The molecule has 2 aromatic carbocycles. The van der Waals surface area contributed by atoms with Crippen molar-refractivity contribution in [2.45, 2.75) is 45.4 Å². The molecule has 2 aromatic heterocycles. The minimum absolute atomic E-state index is 0.187. The summed E-state index contributed by atoms with van der Waals surface area (Å²) in [7, 11) is 0. The Balaban J connectivity index is 1.27. The first kappa shape index (κ1) is 27.4. The minimum Gasteiger partial charge on any atom is -0.489 e. The molecule has 0 saturated heterocycles. The monoisotopic (exact) mass is 534 g/mol. The molecule has 4 aromatic rings. The zero-order valence-electron chi connectivity index (χ0n) is 21.5. The van der Waals surface area contributed by atoms with Crippen LogP contribution in [-0.4, -0.2) is 37.7 Å². The highest BCUT2D eigenvalue weighted by Crippen LogP contribution is 2.24. The number of anilines is 1. The van der Waals surface area contributed by atoms with Gasteiger partial charge in [0.1, 0.15) is 18.1 Å². The number of nitrogens with zero attached hydrogens (tertiary/aromatic N) is 4. The molecule has 202 valence electrons. The van der Waals surface area contributed by atoms with E-state index in [9.17, 15) is 18.4 Å². The number of pyridine rings is 1. The van der Waals surface area contributed by atoms with Gasteiger partial charge in [-0.2, -0.15) is 8.78 Å². The second-order valence-electron chi connectivity index (χ2n) is 8.99. The summed E-state index contributed by atoms with van der Waals surface area (Å²) in [5, 5.41) is 13.0. The molecule has 9 nitrogen and oxygen atoms in total. The van der Waals surface area contributed by atoms with Crippen molar-refractivity contribution in [1.29, 1.82) is 0 Å². The van der Waals surface area contributed by atoms with Crippen molar-refractivity contribution in [3.8, 4) is 17.0 Å². The van der Waals surface area contributed by atoms with Crippen molar-refractivity contribution in [3.05, 3.63) is 90.4 Å². The molecule has 2 N–H and O–H groups in total. The van der Waals surface area contributed by atoms with E-state index in [-0.39, 0.29) is 12.5 Å². The molecular formula is C28H28F2N6O3. The Morgan fingerprint density at radius 3 is 2.49 bits per heavy atom. The van der Waals surface area contributed by atoms with E-state index < -0.39 is 24.3 Å². The number of hydrogen-bond acceptors (Lipinski definition) is 6. The topological polar surface area (TPSA) is 111 Å². The third kappa shape index (κ3) is 7.67. The molecule has 0 bridgehead atoms. The van der Waals surface area contributed by atoms with E-state index in [2.05, 4.69) is 25.9 Å². The number of carbonyl (C=O) groups is 2. The van der Waals surface area contributed by atoms with Gasteiger partial charge in [0.15, 0.2) is 0 Å². The van der Waals surface area contributed by atoms with E-state index in [1.165, 1.54) is 17.8 Å². The van der Waals surface area contributed by atoms with Crippen LogP contribution in [0, 0.1) is 0 Å². The summed E-state index contributed by atoms with van der Waals surface area (Å²) in [4.78, 5) is 27.5. The molecule has 1 unspecified atom stereocenters. The third-order valence-electron chi connectivity index (χ3n) is 5.88. The Hall–Kier alpha value is -4.67. The molecule has 0 radical (unpaired) electrons. The van der Waals surface area contributed by atoms with Crippen molar-refractivity contribution in [1.82, 2.24) is 25.3 Å². The van der Waals surface area contributed by atoms with Crippen LogP contribution in [0.25, 0.3) is 11.3 Å². The SMILES string of the molecule is CC(=O)Nc1ccc(-c2cn(CCC(F)(F)C(=O)NC(C)c3ccc(OCc4cccnc4)cc3)nn2)cc1. The molecule has 4 rings (SSSR count). The average Bonchev–Trinajstić information content (AvgIpc) is 3.41. The van der Waals surface area contributed by atoms with E-state index in [0.717, 1.165) is 5.56 Å². The van der Waals surface area contributed by atoms with Gasteiger partial charge in [0, 0.05) is 49.1 Å². The molecule has 0 saturated carbocycles. The number of benzene rings is 2. The fraction of sp³-hybridized carbons (Fsp3) is 0.250. The molecule has 39 heavy (non-hydrogen) atoms. The molecule has 2 heterocycles.